The van der Waals surface area contributed by atoms with E-state index in [4.69, 9.17) is 0 Å². The average molecular weight is 324 g/mol. The molecule has 2 N–H and O–H groups in total. The van der Waals surface area contributed by atoms with Gasteiger partial charge in [-0.05, 0) is 50.4 Å². The van der Waals surface area contributed by atoms with Crippen molar-refractivity contribution in [1.82, 2.24) is 10.2 Å². The van der Waals surface area contributed by atoms with Crippen molar-refractivity contribution in [1.29, 1.82) is 0 Å². The van der Waals surface area contributed by atoms with Crippen molar-refractivity contribution >= 4 is 5.91 Å². The van der Waals surface area contributed by atoms with Crippen LogP contribution in [0.3, 0.4) is 0 Å². The maximum Gasteiger partial charge on any atom is 0.224 e. The second kappa shape index (κ2) is 6.93. The van der Waals surface area contributed by atoms with E-state index in [0.717, 1.165) is 50.4 Å². The molecule has 0 bridgehead atoms. The first-order chi connectivity index (χ1) is 11.0. The monoisotopic (exact) mass is 324 g/mol. The number of β-amino-alcohol motifs (C(OH)–C–C–N with tert-alkyl or cyclic N) is 1. The lowest BCUT2D eigenvalue weighted by atomic mass is 9.96. The summed E-state index contributed by atoms with van der Waals surface area (Å²) >= 11 is 0. The number of nitrogens with one attached hydrogen (secondary N) is 1. The number of piperidine rings is 1. The summed E-state index contributed by atoms with van der Waals surface area (Å²) in [5, 5.41) is 13.2. The highest BCUT2D eigenvalue weighted by atomic mass is 19.1. The average Bonchev–Trinajstić information content (AvgIpc) is 3.34. The molecule has 3 rings (SSSR count). The van der Waals surface area contributed by atoms with E-state index in [1.165, 1.54) is 0 Å². The molecule has 0 spiro atoms. The highest BCUT2D eigenvalue weighted by Gasteiger charge is 2.31. The summed E-state index contributed by atoms with van der Waals surface area (Å²) in [5.41, 5.74) is -0.0328. The Morgan fingerprint density at radius 2 is 2.13 bits per heavy atom. The number of likely N-dealkylation sites (tertiary alicyclic amines) is 1. The minimum absolute atomic E-state index is 0.0328. The highest BCUT2D eigenvalue weighted by molar-refractivity contribution is 5.79. The Morgan fingerprint density at radius 3 is 2.87 bits per heavy atom. The van der Waals surface area contributed by atoms with E-state index >= 15 is 0 Å². The number of amides is 1. The Labute approximate surface area is 134 Å². The maximum absolute atomic E-state index is 13.7. The number of hydrogen-bond acceptors (Lipinski definition) is 3. The number of aliphatic hydroxyl groups excluding tert-OH is 1. The van der Waals surface area contributed by atoms with Crippen molar-refractivity contribution < 1.29 is 18.7 Å². The minimum atomic E-state index is -1.10. The smallest absolute Gasteiger partial charge is 0.224 e. The lowest BCUT2D eigenvalue weighted by Gasteiger charge is -2.33. The van der Waals surface area contributed by atoms with E-state index in [1.54, 1.807) is 0 Å². The number of halogens is 2. The van der Waals surface area contributed by atoms with E-state index in [1.807, 2.05) is 4.90 Å². The maximum atomic E-state index is 13.7. The molecule has 1 saturated heterocycles. The number of hydrogen-bond donors (Lipinski definition) is 2. The fourth-order valence-corrected chi connectivity index (χ4v) is 3.09. The number of rotatable bonds is 5. The van der Waals surface area contributed by atoms with Crippen LogP contribution in [0.4, 0.5) is 8.78 Å². The molecule has 1 aromatic rings. The minimum Gasteiger partial charge on any atom is -0.387 e. The molecule has 2 fully saturated rings. The first-order valence-corrected chi connectivity index (χ1v) is 8.18. The van der Waals surface area contributed by atoms with Gasteiger partial charge in [-0.2, -0.15) is 0 Å². The van der Waals surface area contributed by atoms with Gasteiger partial charge in [0.15, 0.2) is 0 Å². The third kappa shape index (κ3) is 4.26. The summed E-state index contributed by atoms with van der Waals surface area (Å²) in [6.45, 7) is 1.50. The Morgan fingerprint density at radius 1 is 1.35 bits per heavy atom. The zero-order valence-electron chi connectivity index (χ0n) is 13.0. The van der Waals surface area contributed by atoms with Crippen molar-refractivity contribution in [2.24, 2.45) is 5.92 Å². The predicted octanol–water partition coefficient (Wildman–Crippen LogP) is 1.99. The van der Waals surface area contributed by atoms with Crippen molar-refractivity contribution in [2.75, 3.05) is 19.6 Å². The molecule has 1 amide bonds. The molecule has 1 aliphatic carbocycles. The molecule has 23 heavy (non-hydrogen) atoms. The highest BCUT2D eigenvalue weighted by Crippen LogP contribution is 2.24. The van der Waals surface area contributed by atoms with Gasteiger partial charge in [0.2, 0.25) is 5.91 Å². The standard InChI is InChI=1S/C17H22F2N2O2/c18-12-3-6-15(19)14(8-12)16(22)10-21-7-1-2-11(9-21)17(23)20-13-4-5-13/h3,6,8,11,13,16,22H,1-2,4-5,7,9-10H2,(H,20,23)/t11-,16-/m1/s1. The van der Waals surface area contributed by atoms with Crippen molar-refractivity contribution in [3.05, 3.63) is 35.4 Å². The van der Waals surface area contributed by atoms with Crippen molar-refractivity contribution in [3.8, 4) is 0 Å². The van der Waals surface area contributed by atoms with Gasteiger partial charge >= 0.3 is 0 Å². The van der Waals surface area contributed by atoms with Gasteiger partial charge in [0, 0.05) is 24.7 Å². The number of aliphatic hydroxyl groups is 1. The van der Waals surface area contributed by atoms with Crippen LogP contribution in [0.1, 0.15) is 37.4 Å². The van der Waals surface area contributed by atoms with Gasteiger partial charge in [-0.15, -0.1) is 0 Å². The molecule has 1 heterocycles. The third-order valence-electron chi connectivity index (χ3n) is 4.55. The summed E-state index contributed by atoms with van der Waals surface area (Å²) in [4.78, 5) is 14.1. The molecule has 0 aromatic heterocycles. The fraction of sp³-hybridized carbons (Fsp3) is 0.588. The van der Waals surface area contributed by atoms with Crippen LogP contribution < -0.4 is 5.32 Å². The summed E-state index contributed by atoms with van der Waals surface area (Å²) < 4.78 is 27.0. The van der Waals surface area contributed by atoms with Crippen LogP contribution in [0.25, 0.3) is 0 Å². The summed E-state index contributed by atoms with van der Waals surface area (Å²) in [5.74, 6) is -1.20. The Balaban J connectivity index is 1.58. The number of carbonyl (C=O) groups excluding carboxylic acids is 1. The van der Waals surface area contributed by atoms with Crippen LogP contribution >= 0.6 is 0 Å². The summed E-state index contributed by atoms with van der Waals surface area (Å²) in [7, 11) is 0. The first kappa shape index (κ1) is 16.3. The van der Waals surface area contributed by atoms with E-state index < -0.39 is 17.7 Å². The molecule has 1 saturated carbocycles. The Kier molecular flexibility index (Phi) is 4.92. The van der Waals surface area contributed by atoms with Crippen LogP contribution in [0.15, 0.2) is 18.2 Å². The van der Waals surface area contributed by atoms with Gasteiger partial charge in [-0.3, -0.25) is 9.69 Å². The zero-order chi connectivity index (χ0) is 16.4. The quantitative estimate of drug-likeness (QED) is 0.871. The van der Waals surface area contributed by atoms with E-state index in [-0.39, 0.29) is 23.9 Å². The second-order valence-electron chi connectivity index (χ2n) is 6.56. The van der Waals surface area contributed by atoms with Crippen LogP contribution in [-0.2, 0) is 4.79 Å². The lowest BCUT2D eigenvalue weighted by molar-refractivity contribution is -0.127. The van der Waals surface area contributed by atoms with E-state index in [9.17, 15) is 18.7 Å². The number of carbonyl (C=O) groups is 1. The molecule has 0 radical (unpaired) electrons. The van der Waals surface area contributed by atoms with Crippen LogP contribution in [0, 0.1) is 17.6 Å². The number of benzene rings is 1. The van der Waals surface area contributed by atoms with Crippen LogP contribution in [-0.4, -0.2) is 41.6 Å². The molecule has 1 aromatic carbocycles. The molecule has 126 valence electrons. The summed E-state index contributed by atoms with van der Waals surface area (Å²) in [6, 6.07) is 3.42. The van der Waals surface area contributed by atoms with Crippen LogP contribution in [0.5, 0.6) is 0 Å². The molecule has 2 atom stereocenters. The zero-order valence-corrected chi connectivity index (χ0v) is 13.0. The molecular weight excluding hydrogens is 302 g/mol. The topological polar surface area (TPSA) is 52.6 Å². The largest absolute Gasteiger partial charge is 0.387 e. The van der Waals surface area contributed by atoms with Gasteiger partial charge in [-0.1, -0.05) is 0 Å². The normalized spacial score (nSPS) is 23.5. The fourth-order valence-electron chi connectivity index (χ4n) is 3.09. The molecule has 6 heteroatoms. The van der Waals surface area contributed by atoms with Crippen LogP contribution in [0.2, 0.25) is 0 Å². The molecular formula is C17H22F2N2O2. The molecule has 4 nitrogen and oxygen atoms in total. The van der Waals surface area contributed by atoms with Crippen molar-refractivity contribution in [2.45, 2.75) is 37.8 Å². The van der Waals surface area contributed by atoms with Gasteiger partial charge < -0.3 is 10.4 Å². The Hall–Kier alpha value is -1.53. The lowest BCUT2D eigenvalue weighted by Crippen LogP contribution is -2.44. The third-order valence-corrected chi connectivity index (χ3v) is 4.55. The predicted molar refractivity (Wildman–Crippen MR) is 81.6 cm³/mol. The van der Waals surface area contributed by atoms with Gasteiger partial charge in [-0.25, -0.2) is 8.78 Å². The van der Waals surface area contributed by atoms with E-state index in [2.05, 4.69) is 5.32 Å². The first-order valence-electron chi connectivity index (χ1n) is 8.18. The molecule has 0 unspecified atom stereocenters. The van der Waals surface area contributed by atoms with Gasteiger partial charge in [0.25, 0.3) is 0 Å². The SMILES string of the molecule is O=C(NC1CC1)[C@@H]1CCCN(C[C@@H](O)c2cc(F)ccc2F)C1. The second-order valence-corrected chi connectivity index (χ2v) is 6.56. The Bertz CT molecular complexity index is 578. The summed E-state index contributed by atoms with van der Waals surface area (Å²) in [6.07, 6.45) is 2.70. The van der Waals surface area contributed by atoms with Gasteiger partial charge in [0.1, 0.15) is 11.6 Å². The number of nitrogens with zero attached hydrogens (tertiary/aromatic N) is 1. The van der Waals surface area contributed by atoms with Gasteiger partial charge in [0.05, 0.1) is 12.0 Å². The van der Waals surface area contributed by atoms with E-state index in [0.29, 0.717) is 12.6 Å². The van der Waals surface area contributed by atoms with Crippen molar-refractivity contribution in [3.63, 3.8) is 0 Å². The molecule has 1 aliphatic heterocycles. The molecule has 2 aliphatic rings.